The van der Waals surface area contributed by atoms with E-state index in [1.54, 1.807) is 24.4 Å². The number of hydrogen-bond donors (Lipinski definition) is 3. The van der Waals surface area contributed by atoms with Crippen molar-refractivity contribution in [3.05, 3.63) is 46.6 Å². The zero-order valence-corrected chi connectivity index (χ0v) is 10.8. The summed E-state index contributed by atoms with van der Waals surface area (Å²) in [5.74, 6) is -0.299. The van der Waals surface area contributed by atoms with Crippen molar-refractivity contribution in [3.8, 4) is 5.75 Å². The molecule has 0 aliphatic carbocycles. The molecule has 1 heterocycles. The number of benzene rings is 1. The number of carbonyl (C=O) groups excluding carboxylic acids is 1. The Kier molecular flexibility index (Phi) is 3.47. The molecule has 0 bridgehead atoms. The molecule has 0 atom stereocenters. The molecule has 4 N–H and O–H groups in total. The van der Waals surface area contributed by atoms with Crippen LogP contribution in [-0.2, 0) is 0 Å². The molecule has 0 radical (unpaired) electrons. The number of rotatable bonds is 2. The van der Waals surface area contributed by atoms with Crippen molar-refractivity contribution >= 4 is 33.3 Å². The summed E-state index contributed by atoms with van der Waals surface area (Å²) in [5.41, 5.74) is 5.79. The van der Waals surface area contributed by atoms with E-state index in [-0.39, 0.29) is 17.0 Å². The van der Waals surface area contributed by atoms with E-state index in [0.29, 0.717) is 5.82 Å². The van der Waals surface area contributed by atoms with Gasteiger partial charge < -0.3 is 16.2 Å². The summed E-state index contributed by atoms with van der Waals surface area (Å²) < 4.78 is 0.812. The van der Waals surface area contributed by atoms with Crippen molar-refractivity contribution in [2.24, 2.45) is 0 Å². The van der Waals surface area contributed by atoms with Crippen molar-refractivity contribution in [3.63, 3.8) is 0 Å². The van der Waals surface area contributed by atoms with Gasteiger partial charge in [0.25, 0.3) is 5.91 Å². The molecule has 18 heavy (non-hydrogen) atoms. The minimum atomic E-state index is -0.463. The summed E-state index contributed by atoms with van der Waals surface area (Å²) >= 11 is 3.25. The summed E-state index contributed by atoms with van der Waals surface area (Å²) in [6.45, 7) is 0. The first-order valence-electron chi connectivity index (χ1n) is 5.08. The number of phenols is 1. The van der Waals surface area contributed by atoms with Gasteiger partial charge in [0.2, 0.25) is 0 Å². The number of nitrogens with one attached hydrogen (secondary N) is 1. The van der Waals surface area contributed by atoms with Crippen LogP contribution in [0, 0.1) is 0 Å². The molecule has 1 amide bonds. The van der Waals surface area contributed by atoms with Gasteiger partial charge >= 0.3 is 0 Å². The molecular formula is C12H10BrN3O2. The lowest BCUT2D eigenvalue weighted by Crippen LogP contribution is -2.13. The van der Waals surface area contributed by atoms with Crippen molar-refractivity contribution in [1.82, 2.24) is 4.98 Å². The average molecular weight is 308 g/mol. The van der Waals surface area contributed by atoms with Crippen LogP contribution in [0.25, 0.3) is 0 Å². The highest BCUT2D eigenvalue weighted by molar-refractivity contribution is 9.10. The number of hydrogen-bond acceptors (Lipinski definition) is 4. The predicted molar refractivity (Wildman–Crippen MR) is 72.4 cm³/mol. The van der Waals surface area contributed by atoms with E-state index >= 15 is 0 Å². The SMILES string of the molecule is Nc1cccc(C(=O)Nc2ccc(Br)cn2)c1O. The Labute approximate surface area is 112 Å². The molecular weight excluding hydrogens is 298 g/mol. The number of halogens is 1. The highest BCUT2D eigenvalue weighted by Crippen LogP contribution is 2.25. The van der Waals surface area contributed by atoms with Crippen molar-refractivity contribution in [1.29, 1.82) is 0 Å². The van der Waals surface area contributed by atoms with Crippen LogP contribution in [0.5, 0.6) is 5.75 Å². The summed E-state index contributed by atoms with van der Waals surface area (Å²) in [5, 5.41) is 12.2. The van der Waals surface area contributed by atoms with Gasteiger partial charge in [0.05, 0.1) is 11.3 Å². The fourth-order valence-electron chi connectivity index (χ4n) is 1.38. The van der Waals surface area contributed by atoms with Crippen LogP contribution in [0.3, 0.4) is 0 Å². The predicted octanol–water partition coefficient (Wildman–Crippen LogP) is 2.38. The van der Waals surface area contributed by atoms with Gasteiger partial charge in [-0.05, 0) is 40.2 Å². The summed E-state index contributed by atoms with van der Waals surface area (Å²) in [4.78, 5) is 15.9. The molecule has 92 valence electrons. The second kappa shape index (κ2) is 5.05. The highest BCUT2D eigenvalue weighted by Gasteiger charge is 2.13. The van der Waals surface area contributed by atoms with Gasteiger partial charge in [-0.1, -0.05) is 6.07 Å². The monoisotopic (exact) mass is 307 g/mol. The van der Waals surface area contributed by atoms with Crippen molar-refractivity contribution in [2.75, 3.05) is 11.1 Å². The normalized spacial score (nSPS) is 10.1. The van der Waals surface area contributed by atoms with Gasteiger partial charge in [0, 0.05) is 10.7 Å². The molecule has 0 unspecified atom stereocenters. The number of amides is 1. The van der Waals surface area contributed by atoms with Gasteiger partial charge in [-0.3, -0.25) is 4.79 Å². The number of nitrogens with zero attached hydrogens (tertiary/aromatic N) is 1. The minimum Gasteiger partial charge on any atom is -0.505 e. The number of carbonyl (C=O) groups is 1. The molecule has 1 aromatic heterocycles. The standard InChI is InChI=1S/C12H10BrN3O2/c13-7-4-5-10(15-6-7)16-12(18)8-2-1-3-9(14)11(8)17/h1-6,17H,14H2,(H,15,16,18). The van der Waals surface area contributed by atoms with Gasteiger partial charge in [-0.2, -0.15) is 0 Å². The molecule has 5 nitrogen and oxygen atoms in total. The molecule has 0 aliphatic rings. The first kappa shape index (κ1) is 12.4. The van der Waals surface area contributed by atoms with Gasteiger partial charge in [0.1, 0.15) is 5.82 Å². The van der Waals surface area contributed by atoms with E-state index in [0.717, 1.165) is 4.47 Å². The smallest absolute Gasteiger partial charge is 0.260 e. The molecule has 2 aromatic rings. The molecule has 2 rings (SSSR count). The molecule has 0 fully saturated rings. The Bertz CT molecular complexity index is 584. The number of aromatic nitrogens is 1. The third kappa shape index (κ3) is 2.60. The van der Waals surface area contributed by atoms with E-state index in [9.17, 15) is 9.90 Å². The number of anilines is 2. The van der Waals surface area contributed by atoms with Crippen LogP contribution in [0.15, 0.2) is 41.0 Å². The maximum Gasteiger partial charge on any atom is 0.260 e. The first-order valence-corrected chi connectivity index (χ1v) is 5.87. The Morgan fingerprint density at radius 1 is 1.33 bits per heavy atom. The number of aromatic hydroxyl groups is 1. The largest absolute Gasteiger partial charge is 0.505 e. The topological polar surface area (TPSA) is 88.2 Å². The fourth-order valence-corrected chi connectivity index (χ4v) is 1.61. The number of phenolic OH excluding ortho intramolecular Hbond substituents is 1. The van der Waals surface area contributed by atoms with Gasteiger partial charge in [0.15, 0.2) is 5.75 Å². The zero-order chi connectivity index (χ0) is 13.1. The van der Waals surface area contributed by atoms with E-state index < -0.39 is 5.91 Å². The number of nitrogen functional groups attached to an aromatic ring is 1. The maximum absolute atomic E-state index is 11.9. The van der Waals surface area contributed by atoms with Gasteiger partial charge in [-0.15, -0.1) is 0 Å². The van der Waals surface area contributed by atoms with Crippen LogP contribution in [0.1, 0.15) is 10.4 Å². The Hall–Kier alpha value is -2.08. The lowest BCUT2D eigenvalue weighted by molar-refractivity contribution is 0.102. The zero-order valence-electron chi connectivity index (χ0n) is 9.22. The van der Waals surface area contributed by atoms with Crippen LogP contribution in [0.2, 0.25) is 0 Å². The fraction of sp³-hybridized carbons (Fsp3) is 0. The van der Waals surface area contributed by atoms with Crippen LogP contribution >= 0.6 is 15.9 Å². The Balaban J connectivity index is 2.22. The highest BCUT2D eigenvalue weighted by atomic mass is 79.9. The van der Waals surface area contributed by atoms with Crippen LogP contribution in [-0.4, -0.2) is 16.0 Å². The third-order valence-corrected chi connectivity index (χ3v) is 2.75. The Morgan fingerprint density at radius 3 is 2.78 bits per heavy atom. The number of nitrogens with two attached hydrogens (primary N) is 1. The van der Waals surface area contributed by atoms with Gasteiger partial charge in [-0.25, -0.2) is 4.98 Å². The molecule has 0 aliphatic heterocycles. The van der Waals surface area contributed by atoms with Crippen LogP contribution in [0.4, 0.5) is 11.5 Å². The Morgan fingerprint density at radius 2 is 2.11 bits per heavy atom. The number of pyridine rings is 1. The summed E-state index contributed by atoms with van der Waals surface area (Å²) in [6.07, 6.45) is 1.56. The van der Waals surface area contributed by atoms with Crippen molar-refractivity contribution in [2.45, 2.75) is 0 Å². The minimum absolute atomic E-state index is 0.111. The lowest BCUT2D eigenvalue weighted by atomic mass is 10.1. The van der Waals surface area contributed by atoms with E-state index in [1.165, 1.54) is 12.1 Å². The second-order valence-corrected chi connectivity index (χ2v) is 4.47. The summed E-state index contributed by atoms with van der Waals surface area (Å²) in [6, 6.07) is 8.00. The number of para-hydroxylation sites is 1. The van der Waals surface area contributed by atoms with E-state index in [1.807, 2.05) is 0 Å². The maximum atomic E-state index is 11.9. The lowest BCUT2D eigenvalue weighted by Gasteiger charge is -2.07. The molecule has 6 heteroatoms. The molecule has 0 saturated carbocycles. The quantitative estimate of drug-likeness (QED) is 0.587. The van der Waals surface area contributed by atoms with E-state index in [2.05, 4.69) is 26.2 Å². The van der Waals surface area contributed by atoms with E-state index in [4.69, 9.17) is 5.73 Å². The molecule has 0 saturated heterocycles. The summed E-state index contributed by atoms with van der Waals surface area (Å²) in [7, 11) is 0. The van der Waals surface area contributed by atoms with Crippen molar-refractivity contribution < 1.29 is 9.90 Å². The third-order valence-electron chi connectivity index (χ3n) is 2.28. The molecule has 1 aromatic carbocycles. The van der Waals surface area contributed by atoms with Crippen LogP contribution < -0.4 is 11.1 Å². The first-order chi connectivity index (χ1) is 8.58. The second-order valence-electron chi connectivity index (χ2n) is 3.56. The molecule has 0 spiro atoms. The average Bonchev–Trinajstić information content (AvgIpc) is 2.35.